The molecule has 104 valence electrons. The predicted molar refractivity (Wildman–Crippen MR) is 78.8 cm³/mol. The Balaban J connectivity index is 0.000000158. The zero-order chi connectivity index (χ0) is 13.9. The number of aromatic nitrogens is 1. The summed E-state index contributed by atoms with van der Waals surface area (Å²) in [4.78, 5) is 12.1. The first-order chi connectivity index (χ1) is 9.20. The molecule has 2 heterocycles. The molecule has 5 heteroatoms. The average Bonchev–Trinajstić information content (AvgIpc) is 2.89. The number of urea groups is 1. The molecule has 1 aliphatic rings. The lowest BCUT2D eigenvalue weighted by Gasteiger charge is -2.08. The first-order valence-corrected chi connectivity index (χ1v) is 6.48. The summed E-state index contributed by atoms with van der Waals surface area (Å²) in [5.74, 6) is 0. The Kier molecular flexibility index (Phi) is 7.12. The van der Waals surface area contributed by atoms with E-state index in [1.165, 1.54) is 43.3 Å². The second kappa shape index (κ2) is 8.99. The largest absolute Gasteiger partial charge is 0.361 e. The number of carbonyl (C=O) groups excluding carboxylic acids is 1. The molecule has 1 fully saturated rings. The molecule has 5 nitrogen and oxygen atoms in total. The number of hydrogen-bond donors (Lipinski definition) is 4. The summed E-state index contributed by atoms with van der Waals surface area (Å²) in [6, 6.07) is 9.45. The van der Waals surface area contributed by atoms with Crippen molar-refractivity contribution < 1.29 is 4.79 Å². The molecule has 19 heavy (non-hydrogen) atoms. The number of piperidine rings is 1. The standard InChI is InChI=1S/C8H7N.C5H11N.CH4N2O/c1-2-4-8-7(3-1)5-6-9-8;1-2-4-6-5-3-1;2-1(3)4/h1-6,9H;6H,1-5H2;(H4,2,3,4). The first kappa shape index (κ1) is 15.0. The van der Waals surface area contributed by atoms with Crippen LogP contribution in [-0.2, 0) is 0 Å². The van der Waals surface area contributed by atoms with E-state index < -0.39 is 6.03 Å². The van der Waals surface area contributed by atoms with Crippen molar-refractivity contribution in [2.24, 2.45) is 11.5 Å². The highest BCUT2D eigenvalue weighted by atomic mass is 16.2. The lowest BCUT2D eigenvalue weighted by molar-refractivity contribution is 0.256. The number of para-hydroxylation sites is 1. The van der Waals surface area contributed by atoms with E-state index in [9.17, 15) is 0 Å². The zero-order valence-corrected chi connectivity index (χ0v) is 11.1. The average molecular weight is 262 g/mol. The minimum atomic E-state index is -0.833. The minimum Gasteiger partial charge on any atom is -0.361 e. The second-order valence-corrected chi connectivity index (χ2v) is 4.28. The van der Waals surface area contributed by atoms with Crippen LogP contribution in [0.1, 0.15) is 19.3 Å². The SMILES string of the molecule is C1CCNCC1.NC(N)=O.c1ccc2[nH]ccc2c1. The van der Waals surface area contributed by atoms with Crippen LogP contribution in [0, 0.1) is 0 Å². The van der Waals surface area contributed by atoms with E-state index in [2.05, 4.69) is 40.0 Å². The molecule has 1 aromatic carbocycles. The Hall–Kier alpha value is -2.01. The van der Waals surface area contributed by atoms with E-state index >= 15 is 0 Å². The van der Waals surface area contributed by atoms with E-state index in [4.69, 9.17) is 4.79 Å². The Bertz CT molecular complexity index is 431. The van der Waals surface area contributed by atoms with Crippen molar-refractivity contribution in [2.75, 3.05) is 13.1 Å². The van der Waals surface area contributed by atoms with Gasteiger partial charge in [0.15, 0.2) is 0 Å². The number of carbonyl (C=O) groups is 1. The fourth-order valence-corrected chi connectivity index (χ4v) is 1.80. The van der Waals surface area contributed by atoms with Crippen LogP contribution in [0.4, 0.5) is 4.79 Å². The molecule has 0 atom stereocenters. The number of fused-ring (bicyclic) bond motifs is 1. The topological polar surface area (TPSA) is 96.9 Å². The molecule has 1 aromatic heterocycles. The number of rotatable bonds is 0. The fraction of sp³-hybridized carbons (Fsp3) is 0.357. The number of hydrogen-bond acceptors (Lipinski definition) is 2. The number of aromatic amines is 1. The maximum absolute atomic E-state index is 9.00. The van der Waals surface area contributed by atoms with Gasteiger partial charge in [-0.05, 0) is 43.5 Å². The molecule has 1 saturated heterocycles. The van der Waals surface area contributed by atoms with Crippen LogP contribution in [-0.4, -0.2) is 24.1 Å². The van der Waals surface area contributed by atoms with Crippen LogP contribution >= 0.6 is 0 Å². The molecule has 0 unspecified atom stereocenters. The molecule has 0 spiro atoms. The van der Waals surface area contributed by atoms with Crippen LogP contribution in [0.3, 0.4) is 0 Å². The van der Waals surface area contributed by atoms with Gasteiger partial charge in [-0.1, -0.05) is 24.6 Å². The summed E-state index contributed by atoms with van der Waals surface area (Å²) in [5.41, 5.74) is 9.71. The maximum Gasteiger partial charge on any atom is 0.309 e. The van der Waals surface area contributed by atoms with Crippen molar-refractivity contribution in [3.05, 3.63) is 36.5 Å². The van der Waals surface area contributed by atoms with E-state index in [0.29, 0.717) is 0 Å². The van der Waals surface area contributed by atoms with Crippen molar-refractivity contribution in [3.8, 4) is 0 Å². The molecular weight excluding hydrogens is 240 g/mol. The molecule has 0 aliphatic carbocycles. The Morgan fingerprint density at radius 1 is 1.00 bits per heavy atom. The van der Waals surface area contributed by atoms with Gasteiger partial charge >= 0.3 is 6.03 Å². The molecule has 1 aliphatic heterocycles. The van der Waals surface area contributed by atoms with Crippen LogP contribution in [0.25, 0.3) is 10.9 Å². The van der Waals surface area contributed by atoms with Gasteiger partial charge in [-0.2, -0.15) is 0 Å². The molecule has 0 radical (unpaired) electrons. The number of H-pyrrole nitrogens is 1. The van der Waals surface area contributed by atoms with Crippen LogP contribution < -0.4 is 16.8 Å². The highest BCUT2D eigenvalue weighted by Crippen LogP contribution is 2.09. The van der Waals surface area contributed by atoms with Crippen molar-refractivity contribution in [1.29, 1.82) is 0 Å². The third-order valence-electron chi connectivity index (χ3n) is 2.67. The van der Waals surface area contributed by atoms with Crippen LogP contribution in [0.15, 0.2) is 36.5 Å². The lowest BCUT2D eigenvalue weighted by Crippen LogP contribution is -2.21. The van der Waals surface area contributed by atoms with Gasteiger partial charge in [0.05, 0.1) is 0 Å². The van der Waals surface area contributed by atoms with E-state index in [-0.39, 0.29) is 0 Å². The van der Waals surface area contributed by atoms with E-state index in [1.807, 2.05) is 18.3 Å². The Morgan fingerprint density at radius 2 is 1.63 bits per heavy atom. The molecular formula is C14H22N4O. The number of primary amides is 2. The van der Waals surface area contributed by atoms with Crippen molar-refractivity contribution in [1.82, 2.24) is 10.3 Å². The normalized spacial score (nSPS) is 13.7. The van der Waals surface area contributed by atoms with Gasteiger partial charge in [0, 0.05) is 11.7 Å². The lowest BCUT2D eigenvalue weighted by atomic mass is 10.2. The van der Waals surface area contributed by atoms with Crippen molar-refractivity contribution >= 4 is 16.9 Å². The summed E-state index contributed by atoms with van der Waals surface area (Å²) in [7, 11) is 0. The van der Waals surface area contributed by atoms with E-state index in [0.717, 1.165) is 0 Å². The van der Waals surface area contributed by atoms with Gasteiger partial charge in [0.1, 0.15) is 0 Å². The first-order valence-electron chi connectivity index (χ1n) is 6.48. The summed E-state index contributed by atoms with van der Waals surface area (Å²) < 4.78 is 0. The molecule has 2 aromatic rings. The molecule has 0 saturated carbocycles. The quantitative estimate of drug-likeness (QED) is 0.583. The van der Waals surface area contributed by atoms with Gasteiger partial charge in [-0.3, -0.25) is 0 Å². The zero-order valence-electron chi connectivity index (χ0n) is 11.1. The smallest absolute Gasteiger partial charge is 0.309 e. The molecule has 2 amide bonds. The highest BCUT2D eigenvalue weighted by molar-refractivity contribution is 5.78. The highest BCUT2D eigenvalue weighted by Gasteiger charge is 1.93. The molecule has 0 bridgehead atoms. The second-order valence-electron chi connectivity index (χ2n) is 4.28. The molecule has 3 rings (SSSR count). The fourth-order valence-electron chi connectivity index (χ4n) is 1.80. The van der Waals surface area contributed by atoms with Crippen molar-refractivity contribution in [2.45, 2.75) is 19.3 Å². The summed E-state index contributed by atoms with van der Waals surface area (Å²) in [6.45, 7) is 2.50. The Morgan fingerprint density at radius 3 is 2.11 bits per heavy atom. The number of amides is 2. The Labute approximate surface area is 113 Å². The summed E-state index contributed by atoms with van der Waals surface area (Å²) in [6.07, 6.45) is 6.16. The predicted octanol–water partition coefficient (Wildman–Crippen LogP) is 1.95. The van der Waals surface area contributed by atoms with Gasteiger partial charge < -0.3 is 21.8 Å². The maximum atomic E-state index is 9.00. The van der Waals surface area contributed by atoms with Crippen LogP contribution in [0.2, 0.25) is 0 Å². The summed E-state index contributed by atoms with van der Waals surface area (Å²) >= 11 is 0. The minimum absolute atomic E-state index is 0.833. The third kappa shape index (κ3) is 7.10. The molecule has 6 N–H and O–H groups in total. The number of nitrogens with one attached hydrogen (secondary N) is 2. The van der Waals surface area contributed by atoms with E-state index in [1.54, 1.807) is 0 Å². The number of nitrogens with two attached hydrogens (primary N) is 2. The van der Waals surface area contributed by atoms with Crippen LogP contribution in [0.5, 0.6) is 0 Å². The summed E-state index contributed by atoms with van der Waals surface area (Å²) in [5, 5.41) is 4.56. The third-order valence-corrected chi connectivity index (χ3v) is 2.67. The van der Waals surface area contributed by atoms with Gasteiger partial charge in [-0.25, -0.2) is 4.79 Å². The monoisotopic (exact) mass is 262 g/mol. The number of benzene rings is 1. The van der Waals surface area contributed by atoms with Gasteiger partial charge in [-0.15, -0.1) is 0 Å². The van der Waals surface area contributed by atoms with Gasteiger partial charge in [0.2, 0.25) is 0 Å². The van der Waals surface area contributed by atoms with Crippen molar-refractivity contribution in [3.63, 3.8) is 0 Å². The van der Waals surface area contributed by atoms with Gasteiger partial charge in [0.25, 0.3) is 0 Å².